The fraction of sp³-hybridized carbons (Fsp3) is 0.333. The third kappa shape index (κ3) is 4.20. The summed E-state index contributed by atoms with van der Waals surface area (Å²) in [6.07, 6.45) is 5.14. The Labute approximate surface area is 152 Å². The third-order valence-corrected chi connectivity index (χ3v) is 5.68. The number of sulfonamides is 1. The van der Waals surface area contributed by atoms with Crippen molar-refractivity contribution in [1.29, 1.82) is 0 Å². The van der Waals surface area contributed by atoms with E-state index in [1.165, 1.54) is 6.92 Å². The molecule has 1 aromatic carbocycles. The second kappa shape index (κ2) is 7.05. The van der Waals surface area contributed by atoms with Gasteiger partial charge in [-0.2, -0.15) is 0 Å². The maximum absolute atomic E-state index is 12.5. The number of nitrogens with zero attached hydrogens (tertiary/aromatic N) is 1. The molecule has 0 unspecified atom stereocenters. The normalized spacial score (nSPS) is 14.7. The highest BCUT2D eigenvalue weighted by Gasteiger charge is 2.28. The topological polar surface area (TPSA) is 101 Å². The number of benzene rings is 1. The molecule has 1 heterocycles. The average molecular weight is 375 g/mol. The van der Waals surface area contributed by atoms with Gasteiger partial charge in [-0.05, 0) is 50.0 Å². The number of anilines is 1. The number of aromatic nitrogens is 1. The monoisotopic (exact) mass is 375 g/mol. The molecule has 26 heavy (non-hydrogen) atoms. The van der Waals surface area contributed by atoms with Gasteiger partial charge in [0, 0.05) is 13.0 Å². The summed E-state index contributed by atoms with van der Waals surface area (Å²) in [5.74, 6) is 0.180. The molecule has 0 saturated heterocycles. The van der Waals surface area contributed by atoms with Crippen LogP contribution in [0.5, 0.6) is 0 Å². The lowest BCUT2D eigenvalue weighted by atomic mass is 10.1. The van der Waals surface area contributed by atoms with E-state index in [2.05, 4.69) is 15.2 Å². The van der Waals surface area contributed by atoms with Gasteiger partial charge in [-0.15, -0.1) is 0 Å². The number of hydrogen-bond donors (Lipinski definition) is 2. The zero-order valence-electron chi connectivity index (χ0n) is 14.9. The number of aryl methyl sites for hydroxylation is 2. The summed E-state index contributed by atoms with van der Waals surface area (Å²) >= 11 is 0. The van der Waals surface area contributed by atoms with Crippen LogP contribution in [-0.4, -0.2) is 25.5 Å². The predicted octanol–water partition coefficient (Wildman–Crippen LogP) is 2.86. The second-order valence-electron chi connectivity index (χ2n) is 6.44. The molecule has 1 aliphatic rings. The Kier molecular flexibility index (Phi) is 4.97. The largest absolute Gasteiger partial charge is 0.354 e. The molecule has 138 valence electrons. The fourth-order valence-corrected chi connectivity index (χ4v) is 4.08. The third-order valence-electron chi connectivity index (χ3n) is 4.02. The predicted molar refractivity (Wildman–Crippen MR) is 99.0 cm³/mol. The van der Waals surface area contributed by atoms with Gasteiger partial charge in [-0.3, -0.25) is 4.79 Å². The molecule has 1 aromatic heterocycles. The lowest BCUT2D eigenvalue weighted by Crippen LogP contribution is -2.26. The Balaban J connectivity index is 1.88. The first-order valence-electron chi connectivity index (χ1n) is 8.31. The molecular weight excluding hydrogens is 354 g/mol. The van der Waals surface area contributed by atoms with Crippen molar-refractivity contribution in [3.05, 3.63) is 40.8 Å². The molecule has 0 bridgehead atoms. The van der Waals surface area contributed by atoms with Crippen molar-refractivity contribution in [3.63, 3.8) is 0 Å². The van der Waals surface area contributed by atoms with Gasteiger partial charge in [0.15, 0.2) is 5.76 Å². The van der Waals surface area contributed by atoms with Crippen LogP contribution < -0.4 is 10.0 Å². The Bertz CT molecular complexity index is 972. The van der Waals surface area contributed by atoms with Crippen molar-refractivity contribution in [1.82, 2.24) is 9.88 Å². The molecular formula is C18H21N3O4S. The molecule has 7 nitrogen and oxygen atoms in total. The van der Waals surface area contributed by atoms with Crippen LogP contribution in [0.4, 0.5) is 5.69 Å². The summed E-state index contributed by atoms with van der Waals surface area (Å²) in [5.41, 5.74) is 2.46. The summed E-state index contributed by atoms with van der Waals surface area (Å²) in [4.78, 5) is 11.6. The maximum atomic E-state index is 12.5. The summed E-state index contributed by atoms with van der Waals surface area (Å²) in [7, 11) is -3.53. The summed E-state index contributed by atoms with van der Waals surface area (Å²) in [6.45, 7) is 4.90. The van der Waals surface area contributed by atoms with Crippen LogP contribution in [-0.2, 0) is 14.8 Å². The minimum atomic E-state index is -3.53. The van der Waals surface area contributed by atoms with Gasteiger partial charge in [-0.25, -0.2) is 13.1 Å². The molecule has 0 radical (unpaired) electrons. The van der Waals surface area contributed by atoms with Gasteiger partial charge in [0.2, 0.25) is 15.9 Å². The first kappa shape index (κ1) is 18.3. The van der Waals surface area contributed by atoms with Crippen molar-refractivity contribution < 1.29 is 17.7 Å². The molecule has 1 fully saturated rings. The molecule has 0 spiro atoms. The number of amides is 1. The van der Waals surface area contributed by atoms with E-state index in [4.69, 9.17) is 4.52 Å². The van der Waals surface area contributed by atoms with E-state index < -0.39 is 10.0 Å². The zero-order valence-corrected chi connectivity index (χ0v) is 15.7. The van der Waals surface area contributed by atoms with E-state index in [-0.39, 0.29) is 16.8 Å². The second-order valence-corrected chi connectivity index (χ2v) is 8.12. The Hall–Kier alpha value is -2.45. The highest BCUT2D eigenvalue weighted by atomic mass is 32.2. The number of rotatable bonds is 6. The SMILES string of the molecule is CC(=O)Nc1c(C)noc1/C=C\c1ccc(C)c(S(=O)(=O)NC2CC2)c1. The number of hydrogen-bond acceptors (Lipinski definition) is 5. The number of carbonyl (C=O) groups excluding carboxylic acids is 1. The molecule has 2 aromatic rings. The smallest absolute Gasteiger partial charge is 0.241 e. The van der Waals surface area contributed by atoms with Gasteiger partial charge in [-0.1, -0.05) is 23.4 Å². The number of carbonyl (C=O) groups is 1. The van der Waals surface area contributed by atoms with Crippen LogP contribution in [0, 0.1) is 13.8 Å². The van der Waals surface area contributed by atoms with Crippen molar-refractivity contribution in [2.75, 3.05) is 5.32 Å². The molecule has 2 N–H and O–H groups in total. The van der Waals surface area contributed by atoms with E-state index in [1.54, 1.807) is 38.1 Å². The standard InChI is InChI=1S/C18H21N3O4S/c1-11-4-5-14(10-17(11)26(23,24)21-15-7-8-15)6-9-16-18(19-13(3)22)12(2)20-25-16/h4-6,9-10,15,21H,7-8H2,1-3H3,(H,19,22)/b9-6-. The van der Waals surface area contributed by atoms with E-state index in [0.717, 1.165) is 12.8 Å². The van der Waals surface area contributed by atoms with Gasteiger partial charge >= 0.3 is 0 Å². The highest BCUT2D eigenvalue weighted by molar-refractivity contribution is 7.89. The van der Waals surface area contributed by atoms with Crippen LogP contribution in [0.2, 0.25) is 0 Å². The first-order chi connectivity index (χ1) is 12.3. The minimum absolute atomic E-state index is 0.0518. The highest BCUT2D eigenvalue weighted by Crippen LogP contribution is 2.26. The molecule has 8 heteroatoms. The van der Waals surface area contributed by atoms with E-state index in [0.29, 0.717) is 28.3 Å². The lowest BCUT2D eigenvalue weighted by molar-refractivity contribution is -0.114. The van der Waals surface area contributed by atoms with Crippen molar-refractivity contribution >= 4 is 33.8 Å². The molecule has 1 aliphatic carbocycles. The zero-order chi connectivity index (χ0) is 18.9. The van der Waals surface area contributed by atoms with Crippen molar-refractivity contribution in [3.8, 4) is 0 Å². The van der Waals surface area contributed by atoms with E-state index >= 15 is 0 Å². The molecule has 0 aliphatic heterocycles. The molecule has 1 amide bonds. The van der Waals surface area contributed by atoms with Gasteiger partial charge in [0.05, 0.1) is 4.90 Å². The van der Waals surface area contributed by atoms with Gasteiger partial charge in [0.25, 0.3) is 0 Å². The van der Waals surface area contributed by atoms with Crippen LogP contribution in [0.1, 0.15) is 42.3 Å². The minimum Gasteiger partial charge on any atom is -0.354 e. The number of nitrogens with one attached hydrogen (secondary N) is 2. The molecule has 0 atom stereocenters. The maximum Gasteiger partial charge on any atom is 0.241 e. The quantitative estimate of drug-likeness (QED) is 0.808. The summed E-state index contributed by atoms with van der Waals surface area (Å²) < 4.78 is 32.9. The van der Waals surface area contributed by atoms with Crippen LogP contribution >= 0.6 is 0 Å². The summed E-state index contributed by atoms with van der Waals surface area (Å²) in [6, 6.07) is 5.26. The van der Waals surface area contributed by atoms with Crippen LogP contribution in [0.15, 0.2) is 27.6 Å². The average Bonchev–Trinajstić information content (AvgIpc) is 3.30. The fourth-order valence-electron chi connectivity index (χ4n) is 2.49. The molecule has 1 saturated carbocycles. The van der Waals surface area contributed by atoms with Crippen molar-refractivity contribution in [2.24, 2.45) is 0 Å². The van der Waals surface area contributed by atoms with Crippen LogP contribution in [0.25, 0.3) is 12.2 Å². The Morgan fingerprint density at radius 2 is 2.00 bits per heavy atom. The summed E-state index contributed by atoms with van der Waals surface area (Å²) in [5, 5.41) is 6.52. The van der Waals surface area contributed by atoms with Crippen molar-refractivity contribution in [2.45, 2.75) is 44.6 Å². The Morgan fingerprint density at radius 3 is 2.65 bits per heavy atom. The van der Waals surface area contributed by atoms with E-state index in [9.17, 15) is 13.2 Å². The van der Waals surface area contributed by atoms with Gasteiger partial charge in [0.1, 0.15) is 11.4 Å². The van der Waals surface area contributed by atoms with Gasteiger partial charge < -0.3 is 9.84 Å². The first-order valence-corrected chi connectivity index (χ1v) is 9.79. The van der Waals surface area contributed by atoms with E-state index in [1.807, 2.05) is 6.07 Å². The molecule has 3 rings (SSSR count). The Morgan fingerprint density at radius 1 is 1.27 bits per heavy atom. The van der Waals surface area contributed by atoms with Crippen LogP contribution in [0.3, 0.4) is 0 Å². The lowest BCUT2D eigenvalue weighted by Gasteiger charge is -2.09.